The van der Waals surface area contributed by atoms with E-state index in [-0.39, 0.29) is 7.43 Å². The number of hydrogen-bond donors (Lipinski definition) is 0. The topological polar surface area (TPSA) is 9.23 Å². The van der Waals surface area contributed by atoms with Crippen LogP contribution in [0.5, 0.6) is 5.75 Å². The molecule has 0 aliphatic heterocycles. The van der Waals surface area contributed by atoms with E-state index in [1.165, 1.54) is 16.3 Å². The Morgan fingerprint density at radius 3 is 1.81 bits per heavy atom. The van der Waals surface area contributed by atoms with Crippen molar-refractivity contribution in [2.75, 3.05) is 7.11 Å². The molecule has 0 aromatic heterocycles. The number of benzene rings is 1. The normalized spacial score (nSPS) is 22.0. The maximum absolute atomic E-state index is 5.82. The SMILES string of the molecule is COc1c(C)cc(C)cc1[Si](C)(C)[C@H]1C(C)=C(C)[C@@H](C)[C@H]1C.[CH3-].[Cl][Ti+]([Cl])[Cl]. The fourth-order valence-corrected chi connectivity index (χ4v) is 9.48. The second-order valence-corrected chi connectivity index (χ2v) is 20.4. The minimum absolute atomic E-state index is 0. The fourth-order valence-electron chi connectivity index (χ4n) is 4.75. The van der Waals surface area contributed by atoms with Crippen molar-refractivity contribution in [1.29, 1.82) is 0 Å². The van der Waals surface area contributed by atoms with Crippen LogP contribution in [0.15, 0.2) is 23.3 Å². The molecule has 0 bridgehead atoms. The molecule has 0 unspecified atom stereocenters. The van der Waals surface area contributed by atoms with Crippen molar-refractivity contribution < 1.29 is 19.4 Å². The van der Waals surface area contributed by atoms with Crippen LogP contribution in [0.2, 0.25) is 18.6 Å². The summed E-state index contributed by atoms with van der Waals surface area (Å²) >= 11 is -1.92. The quantitative estimate of drug-likeness (QED) is 0.242. The van der Waals surface area contributed by atoms with Gasteiger partial charge in [-0.3, -0.25) is 0 Å². The molecular weight excluding hydrogens is 451 g/mol. The van der Waals surface area contributed by atoms with Gasteiger partial charge in [-0.15, -0.1) is 0 Å². The molecular formula is C21H35Cl3OSiTi. The molecule has 1 aromatic carbocycles. The van der Waals surface area contributed by atoms with Crippen LogP contribution < -0.4 is 9.92 Å². The van der Waals surface area contributed by atoms with Gasteiger partial charge < -0.3 is 12.2 Å². The van der Waals surface area contributed by atoms with E-state index in [1.807, 2.05) is 7.11 Å². The van der Waals surface area contributed by atoms with E-state index in [0.717, 1.165) is 11.7 Å². The van der Waals surface area contributed by atoms with Crippen LogP contribution in [0.25, 0.3) is 0 Å². The fraction of sp³-hybridized carbons (Fsp3) is 0.571. The molecule has 1 aromatic rings. The molecule has 154 valence electrons. The summed E-state index contributed by atoms with van der Waals surface area (Å²) in [5, 5.41) is 1.49. The first-order valence-electron chi connectivity index (χ1n) is 9.02. The Kier molecular flexibility index (Phi) is 11.3. The summed E-state index contributed by atoms with van der Waals surface area (Å²) in [5.41, 5.74) is 6.58. The van der Waals surface area contributed by atoms with Gasteiger partial charge >= 0.3 is 42.6 Å². The van der Waals surface area contributed by atoms with Crippen LogP contribution in [-0.4, -0.2) is 15.2 Å². The van der Waals surface area contributed by atoms with Crippen LogP contribution in [0, 0.1) is 33.1 Å². The van der Waals surface area contributed by atoms with E-state index < -0.39 is 22.8 Å². The molecule has 3 atom stereocenters. The summed E-state index contributed by atoms with van der Waals surface area (Å²) in [7, 11) is 15.1. The number of hydrogen-bond acceptors (Lipinski definition) is 1. The molecule has 1 aliphatic carbocycles. The van der Waals surface area contributed by atoms with Gasteiger partial charge in [0.1, 0.15) is 5.75 Å². The molecule has 0 fully saturated rings. The molecule has 27 heavy (non-hydrogen) atoms. The number of methoxy groups -OCH3 is 1. The molecule has 1 nitrogen and oxygen atoms in total. The van der Waals surface area contributed by atoms with Crippen molar-refractivity contribution in [3.63, 3.8) is 0 Å². The van der Waals surface area contributed by atoms with Crippen molar-refractivity contribution in [3.8, 4) is 5.75 Å². The van der Waals surface area contributed by atoms with E-state index in [9.17, 15) is 0 Å². The zero-order valence-corrected chi connectivity index (χ0v) is 23.3. The number of rotatable bonds is 3. The number of halogens is 3. The molecule has 0 saturated carbocycles. The zero-order valence-electron chi connectivity index (χ0n) is 18.4. The predicted octanol–water partition coefficient (Wildman–Crippen LogP) is 7.74. The Morgan fingerprint density at radius 2 is 1.44 bits per heavy atom. The first-order valence-corrected chi connectivity index (χ1v) is 18.5. The summed E-state index contributed by atoms with van der Waals surface area (Å²) in [4.78, 5) is 0. The Hall–Kier alpha value is 0.561. The average Bonchev–Trinajstić information content (AvgIpc) is 2.70. The Morgan fingerprint density at radius 1 is 0.963 bits per heavy atom. The monoisotopic (exact) mass is 484 g/mol. The summed E-state index contributed by atoms with van der Waals surface area (Å²) in [6.07, 6.45) is 0. The van der Waals surface area contributed by atoms with Crippen LogP contribution in [0.3, 0.4) is 0 Å². The Bertz CT molecular complexity index is 671. The van der Waals surface area contributed by atoms with Crippen LogP contribution >= 0.6 is 27.9 Å². The number of allylic oxidation sites excluding steroid dienone is 2. The molecule has 0 heterocycles. The molecule has 0 saturated heterocycles. The van der Waals surface area contributed by atoms with Crippen LogP contribution in [-0.2, 0) is 14.7 Å². The molecule has 0 spiro atoms. The van der Waals surface area contributed by atoms with Gasteiger partial charge in [-0.25, -0.2) is 0 Å². The van der Waals surface area contributed by atoms with Crippen molar-refractivity contribution in [2.24, 2.45) is 11.8 Å². The molecule has 1 aliphatic rings. The summed E-state index contributed by atoms with van der Waals surface area (Å²) in [6, 6.07) is 4.62. The van der Waals surface area contributed by atoms with E-state index in [0.29, 0.717) is 11.5 Å². The van der Waals surface area contributed by atoms with Gasteiger partial charge in [0.15, 0.2) is 0 Å². The van der Waals surface area contributed by atoms with Crippen LogP contribution in [0.1, 0.15) is 38.8 Å². The van der Waals surface area contributed by atoms with Gasteiger partial charge in [0.2, 0.25) is 0 Å². The number of aryl methyl sites for hydroxylation is 2. The Labute approximate surface area is 186 Å². The third-order valence-electron chi connectivity index (χ3n) is 6.18. The van der Waals surface area contributed by atoms with Gasteiger partial charge in [0.05, 0.1) is 15.2 Å². The van der Waals surface area contributed by atoms with Crippen LogP contribution in [0.4, 0.5) is 0 Å². The van der Waals surface area contributed by atoms with E-state index >= 15 is 0 Å². The molecule has 2 rings (SSSR count). The summed E-state index contributed by atoms with van der Waals surface area (Å²) in [6.45, 7) is 19.0. The van der Waals surface area contributed by atoms with Crippen molar-refractivity contribution >= 4 is 41.2 Å². The van der Waals surface area contributed by atoms with E-state index in [2.05, 4.69) is 66.8 Å². The second-order valence-electron chi connectivity index (χ2n) is 8.09. The third-order valence-corrected chi connectivity index (χ3v) is 10.5. The van der Waals surface area contributed by atoms with Gasteiger partial charge in [-0.2, -0.15) is 0 Å². The van der Waals surface area contributed by atoms with Gasteiger partial charge in [0, 0.05) is 0 Å². The Balaban J connectivity index is 0.00000123. The van der Waals surface area contributed by atoms with E-state index in [1.54, 1.807) is 11.1 Å². The third kappa shape index (κ3) is 6.27. The van der Waals surface area contributed by atoms with E-state index in [4.69, 9.17) is 32.7 Å². The predicted molar refractivity (Wildman–Crippen MR) is 124 cm³/mol. The zero-order chi connectivity index (χ0) is 20.4. The standard InChI is InChI=1S/C20H32OSi.CH3.3ClH.Ti/c1-12-10-13(2)19(21-7)18(11-12)22(8,9)20-16(5)14(3)15(4)17(20)6;;;;;/h10-11,14,16,20H,1-9H3;1H3;3*1H;/q;-1;;;;+4/p-3/t14-,16-,20-;;;;;/m1...../s1. The van der Waals surface area contributed by atoms with Crippen molar-refractivity contribution in [2.45, 2.75) is 60.2 Å². The summed E-state index contributed by atoms with van der Waals surface area (Å²) < 4.78 is 5.82. The second kappa shape index (κ2) is 11.1. The molecule has 6 heteroatoms. The number of ether oxygens (including phenoxy) is 1. The first-order chi connectivity index (χ1) is 11.9. The maximum atomic E-state index is 5.82. The van der Waals surface area contributed by atoms with Crippen molar-refractivity contribution in [1.82, 2.24) is 0 Å². The first kappa shape index (κ1) is 27.6. The molecule has 0 amide bonds. The molecule has 0 radical (unpaired) electrons. The average molecular weight is 486 g/mol. The van der Waals surface area contributed by atoms with Crippen molar-refractivity contribution in [3.05, 3.63) is 41.8 Å². The summed E-state index contributed by atoms with van der Waals surface area (Å²) in [5.74, 6) is 2.56. The van der Waals surface area contributed by atoms with Gasteiger partial charge in [0.25, 0.3) is 0 Å². The minimum atomic E-state index is -1.92. The van der Waals surface area contributed by atoms with Gasteiger partial charge in [-0.1, -0.05) is 55.8 Å². The van der Waals surface area contributed by atoms with Gasteiger partial charge in [-0.05, 0) is 55.8 Å². The molecule has 0 N–H and O–H groups in total.